The summed E-state index contributed by atoms with van der Waals surface area (Å²) >= 11 is 1.38. The van der Waals surface area contributed by atoms with Crippen molar-refractivity contribution in [1.29, 1.82) is 0 Å². The zero-order chi connectivity index (χ0) is 13.2. The Morgan fingerprint density at radius 2 is 2.32 bits per heavy atom. The van der Waals surface area contributed by atoms with Gasteiger partial charge in [0, 0.05) is 24.8 Å². The van der Waals surface area contributed by atoms with Crippen molar-refractivity contribution in [3.05, 3.63) is 46.4 Å². The normalized spacial score (nSPS) is 18.8. The van der Waals surface area contributed by atoms with Gasteiger partial charge in [0.2, 0.25) is 0 Å². The number of fused-ring (bicyclic) bond motifs is 1. The van der Waals surface area contributed by atoms with E-state index >= 15 is 0 Å². The van der Waals surface area contributed by atoms with Crippen molar-refractivity contribution in [3.63, 3.8) is 0 Å². The summed E-state index contributed by atoms with van der Waals surface area (Å²) in [5.74, 6) is 0.0329. The van der Waals surface area contributed by atoms with Crippen molar-refractivity contribution in [2.45, 2.75) is 19.5 Å². The minimum Gasteiger partial charge on any atom is -0.308 e. The van der Waals surface area contributed by atoms with Gasteiger partial charge in [-0.25, -0.2) is 0 Å². The van der Waals surface area contributed by atoms with Gasteiger partial charge in [0.1, 0.15) is 4.88 Å². The number of anilines is 1. The molecule has 0 radical (unpaired) electrons. The van der Waals surface area contributed by atoms with E-state index in [0.29, 0.717) is 11.4 Å². The molecular formula is C14H15N3OS. The largest absolute Gasteiger partial charge is 0.308 e. The van der Waals surface area contributed by atoms with Gasteiger partial charge in [0.05, 0.1) is 11.7 Å². The number of hydrogen-bond acceptors (Lipinski definition) is 4. The van der Waals surface area contributed by atoms with Gasteiger partial charge >= 0.3 is 0 Å². The second-order valence-electron chi connectivity index (χ2n) is 4.69. The van der Waals surface area contributed by atoms with Gasteiger partial charge in [0.15, 0.2) is 0 Å². The molecule has 98 valence electrons. The van der Waals surface area contributed by atoms with Gasteiger partial charge in [-0.1, -0.05) is 18.2 Å². The number of carbonyl (C=O) groups excluding carboxylic acids is 1. The van der Waals surface area contributed by atoms with Crippen molar-refractivity contribution >= 4 is 22.9 Å². The number of amides is 1. The number of thiazole rings is 1. The van der Waals surface area contributed by atoms with Gasteiger partial charge in [0.25, 0.3) is 5.91 Å². The summed E-state index contributed by atoms with van der Waals surface area (Å²) in [5, 5.41) is 3.42. The first-order valence-electron chi connectivity index (χ1n) is 6.27. The Bertz CT molecular complexity index is 582. The van der Waals surface area contributed by atoms with Crippen molar-refractivity contribution in [2.75, 3.05) is 11.4 Å². The molecule has 0 fully saturated rings. The summed E-state index contributed by atoms with van der Waals surface area (Å²) in [6, 6.07) is 8.32. The van der Waals surface area contributed by atoms with Crippen LogP contribution in [0.15, 0.2) is 36.0 Å². The summed E-state index contributed by atoms with van der Waals surface area (Å²) in [4.78, 5) is 19.1. The maximum absolute atomic E-state index is 12.6. The highest BCUT2D eigenvalue weighted by Crippen LogP contribution is 2.25. The van der Waals surface area contributed by atoms with Gasteiger partial charge in [-0.05, 0) is 18.6 Å². The monoisotopic (exact) mass is 273 g/mol. The van der Waals surface area contributed by atoms with Crippen molar-refractivity contribution in [3.8, 4) is 0 Å². The molecular weight excluding hydrogens is 258 g/mol. The van der Waals surface area contributed by atoms with Crippen molar-refractivity contribution < 1.29 is 4.79 Å². The average Bonchev–Trinajstić information content (AvgIpc) is 2.91. The molecule has 1 unspecified atom stereocenters. The van der Waals surface area contributed by atoms with Crippen LogP contribution in [0, 0.1) is 0 Å². The number of hydrogen-bond donors (Lipinski definition) is 1. The van der Waals surface area contributed by atoms with Crippen LogP contribution in [0.4, 0.5) is 5.69 Å². The zero-order valence-corrected chi connectivity index (χ0v) is 11.5. The lowest BCUT2D eigenvalue weighted by molar-refractivity contribution is 0.0989. The maximum Gasteiger partial charge on any atom is 0.270 e. The molecule has 1 aromatic carbocycles. The average molecular weight is 273 g/mol. The van der Waals surface area contributed by atoms with Crippen LogP contribution < -0.4 is 10.2 Å². The third-order valence-electron chi connectivity index (χ3n) is 3.27. The molecule has 4 nitrogen and oxygen atoms in total. The van der Waals surface area contributed by atoms with E-state index in [1.807, 2.05) is 23.1 Å². The molecule has 5 heteroatoms. The first kappa shape index (κ1) is 12.3. The van der Waals surface area contributed by atoms with E-state index in [9.17, 15) is 4.79 Å². The molecule has 1 amide bonds. The van der Waals surface area contributed by atoms with Crippen LogP contribution in [-0.2, 0) is 6.54 Å². The molecule has 2 aromatic rings. The Morgan fingerprint density at radius 1 is 1.47 bits per heavy atom. The van der Waals surface area contributed by atoms with Crippen molar-refractivity contribution in [1.82, 2.24) is 10.3 Å². The molecule has 1 atom stereocenters. The topological polar surface area (TPSA) is 45.2 Å². The first-order chi connectivity index (χ1) is 9.25. The lowest BCUT2D eigenvalue weighted by atomic mass is 10.1. The van der Waals surface area contributed by atoms with E-state index in [2.05, 4.69) is 23.3 Å². The number of benzene rings is 1. The number of rotatable bonds is 1. The Balaban J connectivity index is 2.01. The number of nitrogens with one attached hydrogen (secondary N) is 1. The maximum atomic E-state index is 12.6. The van der Waals surface area contributed by atoms with Crippen LogP contribution in [0.3, 0.4) is 0 Å². The number of carbonyl (C=O) groups is 1. The minimum atomic E-state index is 0.0329. The van der Waals surface area contributed by atoms with Gasteiger partial charge in [-0.15, -0.1) is 11.3 Å². The van der Waals surface area contributed by atoms with E-state index < -0.39 is 0 Å². The van der Waals surface area contributed by atoms with E-state index in [4.69, 9.17) is 0 Å². The Morgan fingerprint density at radius 3 is 3.11 bits per heavy atom. The number of aromatic nitrogens is 1. The van der Waals surface area contributed by atoms with E-state index in [0.717, 1.165) is 17.8 Å². The highest BCUT2D eigenvalue weighted by molar-refractivity contribution is 7.11. The standard InChI is InChI=1S/C14H15N3OS/c1-10-8-17(14(18)13-7-15-9-19-13)12-5-3-2-4-11(12)6-16-10/h2-5,7,9-10,16H,6,8H2,1H3. The molecule has 1 aliphatic heterocycles. The smallest absolute Gasteiger partial charge is 0.270 e. The molecule has 0 saturated carbocycles. The quantitative estimate of drug-likeness (QED) is 0.867. The number of para-hydroxylation sites is 1. The van der Waals surface area contributed by atoms with E-state index in [1.54, 1.807) is 11.7 Å². The first-order valence-corrected chi connectivity index (χ1v) is 7.15. The molecule has 0 saturated heterocycles. The van der Waals surface area contributed by atoms with Gasteiger partial charge < -0.3 is 10.2 Å². The van der Waals surface area contributed by atoms with E-state index in [-0.39, 0.29) is 11.9 Å². The summed E-state index contributed by atoms with van der Waals surface area (Å²) in [7, 11) is 0. The van der Waals surface area contributed by atoms with Crippen LogP contribution in [0.5, 0.6) is 0 Å². The summed E-state index contributed by atoms with van der Waals surface area (Å²) < 4.78 is 0. The summed E-state index contributed by atoms with van der Waals surface area (Å²) in [6.45, 7) is 3.57. The lowest BCUT2D eigenvalue weighted by Crippen LogP contribution is -2.39. The molecule has 2 heterocycles. The third-order valence-corrected chi connectivity index (χ3v) is 4.03. The minimum absolute atomic E-state index is 0.0329. The molecule has 1 aliphatic rings. The fourth-order valence-corrected chi connectivity index (χ4v) is 2.86. The van der Waals surface area contributed by atoms with Gasteiger partial charge in [-0.2, -0.15) is 0 Å². The van der Waals surface area contributed by atoms with Crippen LogP contribution >= 0.6 is 11.3 Å². The van der Waals surface area contributed by atoms with Crippen LogP contribution in [0.1, 0.15) is 22.2 Å². The van der Waals surface area contributed by atoms with Crippen LogP contribution in [-0.4, -0.2) is 23.5 Å². The highest BCUT2D eigenvalue weighted by Gasteiger charge is 2.25. The molecule has 1 aromatic heterocycles. The predicted octanol–water partition coefficient (Wildman–Crippen LogP) is 2.28. The van der Waals surface area contributed by atoms with Crippen LogP contribution in [0.2, 0.25) is 0 Å². The highest BCUT2D eigenvalue weighted by atomic mass is 32.1. The second-order valence-corrected chi connectivity index (χ2v) is 5.58. The molecule has 3 rings (SSSR count). The predicted molar refractivity (Wildman–Crippen MR) is 76.5 cm³/mol. The van der Waals surface area contributed by atoms with Gasteiger partial charge in [-0.3, -0.25) is 9.78 Å². The van der Waals surface area contributed by atoms with Crippen molar-refractivity contribution in [2.24, 2.45) is 0 Å². The third kappa shape index (κ3) is 2.39. The Labute approximate surface area is 116 Å². The zero-order valence-electron chi connectivity index (χ0n) is 10.7. The van der Waals surface area contributed by atoms with E-state index in [1.165, 1.54) is 11.3 Å². The Kier molecular flexibility index (Phi) is 3.31. The molecule has 0 bridgehead atoms. The molecule has 19 heavy (non-hydrogen) atoms. The summed E-state index contributed by atoms with van der Waals surface area (Å²) in [5.41, 5.74) is 3.85. The number of nitrogens with zero attached hydrogens (tertiary/aromatic N) is 2. The van der Waals surface area contributed by atoms with Crippen LogP contribution in [0.25, 0.3) is 0 Å². The fourth-order valence-electron chi connectivity index (χ4n) is 2.29. The Hall–Kier alpha value is -1.72. The lowest BCUT2D eigenvalue weighted by Gasteiger charge is -2.23. The molecule has 0 spiro atoms. The molecule has 1 N–H and O–H groups in total. The molecule has 0 aliphatic carbocycles. The summed E-state index contributed by atoms with van der Waals surface area (Å²) in [6.07, 6.45) is 1.64. The fraction of sp³-hybridized carbons (Fsp3) is 0.286. The SMILES string of the molecule is CC1CN(C(=O)c2cncs2)c2ccccc2CN1. The second kappa shape index (κ2) is 5.11.